The van der Waals surface area contributed by atoms with Crippen molar-refractivity contribution in [2.75, 3.05) is 40.3 Å². The van der Waals surface area contributed by atoms with Crippen LogP contribution in [0, 0.1) is 5.92 Å². The number of nitrogens with one attached hydrogen (secondary N) is 2. The van der Waals surface area contributed by atoms with Gasteiger partial charge in [-0.3, -0.25) is 9.59 Å². The van der Waals surface area contributed by atoms with Gasteiger partial charge in [-0.1, -0.05) is 19.9 Å². The number of aliphatic imine (C=N–C) groups is 1. The molecule has 8 heteroatoms. The van der Waals surface area contributed by atoms with Gasteiger partial charge in [0.05, 0.1) is 0 Å². The van der Waals surface area contributed by atoms with E-state index in [9.17, 15) is 9.59 Å². The molecule has 7 nitrogen and oxygen atoms in total. The number of hydrogen-bond acceptors (Lipinski definition) is 3. The minimum absolute atomic E-state index is 0. The van der Waals surface area contributed by atoms with Crippen LogP contribution in [0.2, 0.25) is 0 Å². The first-order valence-electron chi connectivity index (χ1n) is 9.57. The molecule has 1 aliphatic rings. The number of likely N-dealkylation sites (N-methyl/N-ethyl adjacent to an activating group) is 1. The number of piperidine rings is 1. The maximum Gasteiger partial charge on any atom is 0.243 e. The molecular formula is C19H36IN5O2. The van der Waals surface area contributed by atoms with Crippen LogP contribution in [-0.2, 0) is 9.59 Å². The zero-order valence-corrected chi connectivity index (χ0v) is 19.5. The van der Waals surface area contributed by atoms with Crippen LogP contribution in [0.15, 0.2) is 17.6 Å². The number of hydrogen-bond donors (Lipinski definition) is 2. The summed E-state index contributed by atoms with van der Waals surface area (Å²) in [5, 5.41) is 6.54. The fourth-order valence-corrected chi connectivity index (χ4v) is 2.94. The Hall–Kier alpha value is -1.32. The standard InChI is InChI=1S/C19H35N5O2.HI/c1-6-11-20-19(21-14-17(25)23(4)5)22-16-9-12-24(13-10-16)18(26)15(7-2)8-3;/h6,15-16H,1,7-14H2,2-5H3,(H2,20,21,22);1H. The molecule has 1 saturated heterocycles. The van der Waals surface area contributed by atoms with E-state index in [4.69, 9.17) is 0 Å². The second kappa shape index (κ2) is 13.8. The number of amides is 2. The molecule has 1 aliphatic heterocycles. The Kier molecular flexibility index (Phi) is 13.1. The zero-order chi connectivity index (χ0) is 19.5. The normalized spacial score (nSPS) is 15.1. The maximum atomic E-state index is 12.5. The molecule has 1 heterocycles. The van der Waals surface area contributed by atoms with Crippen molar-refractivity contribution in [1.82, 2.24) is 20.4 Å². The Labute approximate surface area is 181 Å². The van der Waals surface area contributed by atoms with Gasteiger partial charge in [0.1, 0.15) is 6.54 Å². The van der Waals surface area contributed by atoms with E-state index in [2.05, 4.69) is 36.1 Å². The molecule has 0 bridgehead atoms. The van der Waals surface area contributed by atoms with Crippen LogP contribution in [0.4, 0.5) is 0 Å². The summed E-state index contributed by atoms with van der Waals surface area (Å²) in [4.78, 5) is 32.1. The summed E-state index contributed by atoms with van der Waals surface area (Å²) in [6, 6.07) is 0.242. The molecule has 0 aromatic carbocycles. The lowest BCUT2D eigenvalue weighted by molar-refractivity contribution is -0.136. The van der Waals surface area contributed by atoms with Gasteiger partial charge in [-0.15, -0.1) is 30.6 Å². The van der Waals surface area contributed by atoms with Gasteiger partial charge in [-0.25, -0.2) is 4.99 Å². The minimum atomic E-state index is -0.0460. The van der Waals surface area contributed by atoms with Gasteiger partial charge in [0, 0.05) is 45.7 Å². The first kappa shape index (κ1) is 25.7. The first-order chi connectivity index (χ1) is 12.4. The number of rotatable bonds is 8. The van der Waals surface area contributed by atoms with Crippen molar-refractivity contribution in [3.8, 4) is 0 Å². The lowest BCUT2D eigenvalue weighted by atomic mass is 9.98. The van der Waals surface area contributed by atoms with Crippen LogP contribution in [0.3, 0.4) is 0 Å². The van der Waals surface area contributed by atoms with E-state index in [1.54, 1.807) is 20.2 Å². The molecular weight excluding hydrogens is 457 g/mol. The predicted octanol–water partition coefficient (Wildman–Crippen LogP) is 1.84. The largest absolute Gasteiger partial charge is 0.354 e. The second-order valence-corrected chi connectivity index (χ2v) is 6.88. The monoisotopic (exact) mass is 493 g/mol. The summed E-state index contributed by atoms with van der Waals surface area (Å²) in [5.74, 6) is 0.992. The molecule has 0 aromatic heterocycles. The fourth-order valence-electron chi connectivity index (χ4n) is 2.94. The lowest BCUT2D eigenvalue weighted by Crippen LogP contribution is -2.50. The highest BCUT2D eigenvalue weighted by atomic mass is 127. The minimum Gasteiger partial charge on any atom is -0.354 e. The molecule has 2 N–H and O–H groups in total. The molecule has 0 saturated carbocycles. The third-order valence-corrected chi connectivity index (χ3v) is 4.77. The molecule has 0 aliphatic carbocycles. The van der Waals surface area contributed by atoms with Gasteiger partial charge in [0.15, 0.2) is 5.96 Å². The van der Waals surface area contributed by atoms with Crippen molar-refractivity contribution in [2.45, 2.75) is 45.6 Å². The molecule has 2 amide bonds. The van der Waals surface area contributed by atoms with Crippen molar-refractivity contribution in [1.29, 1.82) is 0 Å². The summed E-state index contributed by atoms with van der Waals surface area (Å²) < 4.78 is 0. The Morgan fingerprint density at radius 3 is 2.33 bits per heavy atom. The van der Waals surface area contributed by atoms with Crippen LogP contribution < -0.4 is 10.6 Å². The molecule has 1 fully saturated rings. The highest BCUT2D eigenvalue weighted by Crippen LogP contribution is 2.17. The van der Waals surface area contributed by atoms with Gasteiger partial charge in [0.2, 0.25) is 11.8 Å². The molecule has 0 spiro atoms. The van der Waals surface area contributed by atoms with Gasteiger partial charge in [0.25, 0.3) is 0 Å². The van der Waals surface area contributed by atoms with E-state index in [0.717, 1.165) is 38.8 Å². The van der Waals surface area contributed by atoms with Crippen molar-refractivity contribution in [3.63, 3.8) is 0 Å². The molecule has 0 unspecified atom stereocenters. The van der Waals surface area contributed by atoms with E-state index >= 15 is 0 Å². The SMILES string of the molecule is C=CCNC(=NCC(=O)N(C)C)NC1CCN(C(=O)C(CC)CC)CC1.I. The first-order valence-corrected chi connectivity index (χ1v) is 9.57. The van der Waals surface area contributed by atoms with Gasteiger partial charge < -0.3 is 20.4 Å². The van der Waals surface area contributed by atoms with E-state index in [1.807, 2.05) is 4.90 Å². The number of halogens is 1. The van der Waals surface area contributed by atoms with Gasteiger partial charge in [-0.05, 0) is 25.7 Å². The summed E-state index contributed by atoms with van der Waals surface area (Å²) in [6.45, 7) is 10.1. The Balaban J connectivity index is 0.00000676. The average molecular weight is 493 g/mol. The quantitative estimate of drug-likeness (QED) is 0.234. The van der Waals surface area contributed by atoms with E-state index in [0.29, 0.717) is 12.5 Å². The van der Waals surface area contributed by atoms with E-state index in [1.165, 1.54) is 4.90 Å². The number of carbonyl (C=O) groups is 2. The van der Waals surface area contributed by atoms with E-state index in [-0.39, 0.29) is 54.3 Å². The lowest BCUT2D eigenvalue weighted by Gasteiger charge is -2.34. The highest BCUT2D eigenvalue weighted by Gasteiger charge is 2.26. The number of carbonyl (C=O) groups excluding carboxylic acids is 2. The van der Waals surface area contributed by atoms with Crippen LogP contribution in [0.25, 0.3) is 0 Å². The van der Waals surface area contributed by atoms with Crippen molar-refractivity contribution >= 4 is 41.8 Å². The Bertz CT molecular complexity index is 498. The summed E-state index contributed by atoms with van der Waals surface area (Å²) in [7, 11) is 3.43. The van der Waals surface area contributed by atoms with Crippen LogP contribution in [-0.4, -0.2) is 73.9 Å². The maximum absolute atomic E-state index is 12.5. The third-order valence-electron chi connectivity index (χ3n) is 4.77. The van der Waals surface area contributed by atoms with Gasteiger partial charge >= 0.3 is 0 Å². The number of likely N-dealkylation sites (tertiary alicyclic amines) is 1. The highest BCUT2D eigenvalue weighted by molar-refractivity contribution is 14.0. The van der Waals surface area contributed by atoms with E-state index < -0.39 is 0 Å². The molecule has 0 atom stereocenters. The third kappa shape index (κ3) is 8.94. The van der Waals surface area contributed by atoms with Gasteiger partial charge in [-0.2, -0.15) is 0 Å². The fraction of sp³-hybridized carbons (Fsp3) is 0.737. The Morgan fingerprint density at radius 2 is 1.85 bits per heavy atom. The molecule has 156 valence electrons. The number of nitrogens with zero attached hydrogens (tertiary/aromatic N) is 3. The van der Waals surface area contributed by atoms with Crippen molar-refractivity contribution in [3.05, 3.63) is 12.7 Å². The van der Waals surface area contributed by atoms with Crippen molar-refractivity contribution < 1.29 is 9.59 Å². The van der Waals surface area contributed by atoms with Crippen molar-refractivity contribution in [2.24, 2.45) is 10.9 Å². The van der Waals surface area contributed by atoms with Crippen LogP contribution in [0.1, 0.15) is 39.5 Å². The zero-order valence-electron chi connectivity index (χ0n) is 17.2. The number of guanidine groups is 1. The van der Waals surface area contributed by atoms with Crippen LogP contribution in [0.5, 0.6) is 0 Å². The summed E-state index contributed by atoms with van der Waals surface area (Å²) in [5.41, 5.74) is 0. The molecule has 1 rings (SSSR count). The smallest absolute Gasteiger partial charge is 0.243 e. The predicted molar refractivity (Wildman–Crippen MR) is 121 cm³/mol. The Morgan fingerprint density at radius 1 is 1.26 bits per heavy atom. The second-order valence-electron chi connectivity index (χ2n) is 6.88. The molecule has 27 heavy (non-hydrogen) atoms. The molecule has 0 aromatic rings. The topological polar surface area (TPSA) is 77.0 Å². The molecule has 0 radical (unpaired) electrons. The average Bonchev–Trinajstić information content (AvgIpc) is 2.64. The van der Waals surface area contributed by atoms with Crippen LogP contribution >= 0.6 is 24.0 Å². The summed E-state index contributed by atoms with van der Waals surface area (Å²) in [6.07, 6.45) is 5.30. The summed E-state index contributed by atoms with van der Waals surface area (Å²) >= 11 is 0.